The second kappa shape index (κ2) is 9.20. The Labute approximate surface area is 163 Å². The van der Waals surface area contributed by atoms with Crippen molar-refractivity contribution in [3.8, 4) is 5.75 Å². The Hall–Kier alpha value is -1.39. The molecule has 0 aliphatic carbocycles. The number of halogens is 1. The first kappa shape index (κ1) is 20.3. The molecule has 0 unspecified atom stereocenters. The summed E-state index contributed by atoms with van der Waals surface area (Å²) in [5, 5.41) is 0.263. The fourth-order valence-corrected chi connectivity index (χ4v) is 4.41. The van der Waals surface area contributed by atoms with Crippen LogP contribution in [-0.4, -0.2) is 71.4 Å². The van der Waals surface area contributed by atoms with Crippen LogP contribution in [0.5, 0.6) is 5.75 Å². The minimum absolute atomic E-state index is 0.0841. The summed E-state index contributed by atoms with van der Waals surface area (Å²) >= 11 is 5.97. The normalized spacial score (nSPS) is 20.6. The molecule has 3 rings (SSSR count). The number of rotatable bonds is 7. The third-order valence-corrected chi connectivity index (χ3v) is 6.12. The van der Waals surface area contributed by atoms with Crippen molar-refractivity contribution in [3.05, 3.63) is 23.2 Å². The summed E-state index contributed by atoms with van der Waals surface area (Å²) < 4.78 is 44.1. The van der Waals surface area contributed by atoms with E-state index in [0.29, 0.717) is 32.9 Å². The zero-order chi connectivity index (χ0) is 19.3. The number of morpholine rings is 1. The smallest absolute Gasteiger partial charge is 0.260 e. The van der Waals surface area contributed by atoms with Gasteiger partial charge in [0, 0.05) is 31.3 Å². The number of benzene rings is 1. The highest BCUT2D eigenvalue weighted by molar-refractivity contribution is 7.89. The molecule has 1 aromatic carbocycles. The summed E-state index contributed by atoms with van der Waals surface area (Å²) in [5.41, 5.74) is 0. The van der Waals surface area contributed by atoms with Gasteiger partial charge < -0.3 is 19.1 Å². The highest BCUT2D eigenvalue weighted by Gasteiger charge is 2.25. The van der Waals surface area contributed by atoms with E-state index in [-0.39, 0.29) is 40.8 Å². The van der Waals surface area contributed by atoms with Crippen LogP contribution in [0.3, 0.4) is 0 Å². The predicted molar refractivity (Wildman–Crippen MR) is 98.5 cm³/mol. The third-order valence-electron chi connectivity index (χ3n) is 4.44. The van der Waals surface area contributed by atoms with Crippen molar-refractivity contribution in [1.82, 2.24) is 9.62 Å². The lowest BCUT2D eigenvalue weighted by Crippen LogP contribution is -2.43. The van der Waals surface area contributed by atoms with Gasteiger partial charge in [-0.3, -0.25) is 4.79 Å². The summed E-state index contributed by atoms with van der Waals surface area (Å²) in [7, 11) is -3.86. The molecule has 2 fully saturated rings. The SMILES string of the molecule is O=C(COc1ccc(Cl)cc1S(=O)(=O)NC[C@H]1CCCO1)N1CCOCC1. The van der Waals surface area contributed by atoms with Gasteiger partial charge in [0.15, 0.2) is 6.61 Å². The average molecular weight is 419 g/mol. The number of nitrogens with one attached hydrogen (secondary N) is 1. The quantitative estimate of drug-likeness (QED) is 0.710. The maximum Gasteiger partial charge on any atom is 0.260 e. The number of amides is 1. The Kier molecular flexibility index (Phi) is 6.93. The minimum Gasteiger partial charge on any atom is -0.482 e. The molecule has 0 radical (unpaired) electrons. The number of carbonyl (C=O) groups excluding carboxylic acids is 1. The Morgan fingerprint density at radius 2 is 2.07 bits per heavy atom. The van der Waals surface area contributed by atoms with Crippen LogP contribution in [0.25, 0.3) is 0 Å². The van der Waals surface area contributed by atoms with Crippen molar-refractivity contribution in [2.75, 3.05) is 46.1 Å². The molecule has 8 nitrogen and oxygen atoms in total. The van der Waals surface area contributed by atoms with Gasteiger partial charge >= 0.3 is 0 Å². The average Bonchev–Trinajstić information content (AvgIpc) is 3.19. The van der Waals surface area contributed by atoms with Gasteiger partial charge in [0.2, 0.25) is 10.0 Å². The van der Waals surface area contributed by atoms with Crippen LogP contribution < -0.4 is 9.46 Å². The fourth-order valence-electron chi connectivity index (χ4n) is 2.94. The molecule has 10 heteroatoms. The van der Waals surface area contributed by atoms with Crippen LogP contribution in [0, 0.1) is 0 Å². The van der Waals surface area contributed by atoms with Crippen molar-refractivity contribution < 1.29 is 27.4 Å². The van der Waals surface area contributed by atoms with Crippen LogP contribution in [0.1, 0.15) is 12.8 Å². The molecular formula is C17H23ClN2O6S. The number of sulfonamides is 1. The van der Waals surface area contributed by atoms with Crippen LogP contribution in [0.15, 0.2) is 23.1 Å². The number of ether oxygens (including phenoxy) is 3. The highest BCUT2D eigenvalue weighted by Crippen LogP contribution is 2.27. The van der Waals surface area contributed by atoms with Gasteiger partial charge in [0.25, 0.3) is 5.91 Å². The molecule has 0 bridgehead atoms. The number of hydrogen-bond donors (Lipinski definition) is 1. The molecule has 1 aromatic rings. The van der Waals surface area contributed by atoms with Crippen molar-refractivity contribution in [1.29, 1.82) is 0 Å². The van der Waals surface area contributed by atoms with E-state index in [9.17, 15) is 13.2 Å². The second-order valence-electron chi connectivity index (χ2n) is 6.36. The van der Waals surface area contributed by atoms with Gasteiger partial charge in [-0.25, -0.2) is 13.1 Å². The third kappa shape index (κ3) is 5.55. The Morgan fingerprint density at radius 3 is 2.78 bits per heavy atom. The van der Waals surface area contributed by atoms with Gasteiger partial charge in [-0.2, -0.15) is 0 Å². The Morgan fingerprint density at radius 1 is 1.30 bits per heavy atom. The van der Waals surface area contributed by atoms with Crippen LogP contribution in [0.2, 0.25) is 5.02 Å². The molecule has 0 saturated carbocycles. The lowest BCUT2D eigenvalue weighted by atomic mass is 10.2. The van der Waals surface area contributed by atoms with Gasteiger partial charge in [-0.1, -0.05) is 11.6 Å². The molecule has 0 spiro atoms. The largest absolute Gasteiger partial charge is 0.482 e. The van der Waals surface area contributed by atoms with E-state index in [1.54, 1.807) is 4.90 Å². The van der Waals surface area contributed by atoms with Crippen LogP contribution >= 0.6 is 11.6 Å². The Balaban J connectivity index is 1.67. The first-order valence-corrected chi connectivity index (χ1v) is 10.7. The molecule has 2 saturated heterocycles. The molecule has 2 heterocycles. The van der Waals surface area contributed by atoms with E-state index >= 15 is 0 Å². The number of carbonyl (C=O) groups is 1. The van der Waals surface area contributed by atoms with E-state index < -0.39 is 10.0 Å². The molecule has 2 aliphatic rings. The van der Waals surface area contributed by atoms with E-state index in [4.69, 9.17) is 25.8 Å². The van der Waals surface area contributed by atoms with E-state index in [0.717, 1.165) is 12.8 Å². The van der Waals surface area contributed by atoms with Gasteiger partial charge in [-0.15, -0.1) is 0 Å². The Bertz CT molecular complexity index is 761. The zero-order valence-corrected chi connectivity index (χ0v) is 16.4. The summed E-state index contributed by atoms with van der Waals surface area (Å²) in [4.78, 5) is 13.8. The standard InChI is InChI=1S/C17H23ClN2O6S/c18-13-3-4-15(26-12-17(21)20-5-8-24-9-6-20)16(10-13)27(22,23)19-11-14-2-1-7-25-14/h3-4,10,14,19H,1-2,5-9,11-12H2/t14-/m1/s1. The number of hydrogen-bond acceptors (Lipinski definition) is 6. The van der Waals surface area contributed by atoms with Gasteiger partial charge in [0.1, 0.15) is 10.6 Å². The van der Waals surface area contributed by atoms with Crippen LogP contribution in [-0.2, 0) is 24.3 Å². The monoisotopic (exact) mass is 418 g/mol. The lowest BCUT2D eigenvalue weighted by Gasteiger charge is -2.26. The van der Waals surface area contributed by atoms with Gasteiger partial charge in [-0.05, 0) is 31.0 Å². The molecular weight excluding hydrogens is 396 g/mol. The molecule has 0 aromatic heterocycles. The molecule has 1 atom stereocenters. The van der Waals surface area contributed by atoms with E-state index in [1.807, 2.05) is 0 Å². The molecule has 1 N–H and O–H groups in total. The minimum atomic E-state index is -3.86. The number of nitrogens with zero attached hydrogens (tertiary/aromatic N) is 1. The van der Waals surface area contributed by atoms with Crippen molar-refractivity contribution in [2.24, 2.45) is 0 Å². The van der Waals surface area contributed by atoms with Crippen molar-refractivity contribution >= 4 is 27.5 Å². The van der Waals surface area contributed by atoms with Gasteiger partial charge in [0.05, 0.1) is 19.3 Å². The molecule has 150 valence electrons. The second-order valence-corrected chi connectivity index (χ2v) is 8.53. The topological polar surface area (TPSA) is 94.2 Å². The summed E-state index contributed by atoms with van der Waals surface area (Å²) in [6.45, 7) is 2.53. The molecule has 2 aliphatic heterocycles. The van der Waals surface area contributed by atoms with Crippen molar-refractivity contribution in [3.63, 3.8) is 0 Å². The zero-order valence-electron chi connectivity index (χ0n) is 14.9. The fraction of sp³-hybridized carbons (Fsp3) is 0.588. The maximum absolute atomic E-state index is 12.7. The molecule has 1 amide bonds. The first-order chi connectivity index (χ1) is 13.0. The highest BCUT2D eigenvalue weighted by atomic mass is 35.5. The molecule has 27 heavy (non-hydrogen) atoms. The van der Waals surface area contributed by atoms with E-state index in [1.165, 1.54) is 18.2 Å². The summed E-state index contributed by atoms with van der Waals surface area (Å²) in [5.74, 6) is -0.134. The first-order valence-electron chi connectivity index (χ1n) is 8.85. The summed E-state index contributed by atoms with van der Waals surface area (Å²) in [6, 6.07) is 4.29. The van der Waals surface area contributed by atoms with Crippen LogP contribution in [0.4, 0.5) is 0 Å². The van der Waals surface area contributed by atoms with E-state index in [2.05, 4.69) is 4.72 Å². The van der Waals surface area contributed by atoms with Crippen molar-refractivity contribution in [2.45, 2.75) is 23.8 Å². The lowest BCUT2D eigenvalue weighted by molar-refractivity contribution is -0.137. The maximum atomic E-state index is 12.7. The summed E-state index contributed by atoms with van der Waals surface area (Å²) in [6.07, 6.45) is 1.60. The predicted octanol–water partition coefficient (Wildman–Crippen LogP) is 1.03.